The van der Waals surface area contributed by atoms with Crippen molar-refractivity contribution in [1.29, 1.82) is 0 Å². The monoisotopic (exact) mass is 295 g/mol. The third kappa shape index (κ3) is 3.87. The summed E-state index contributed by atoms with van der Waals surface area (Å²) < 4.78 is 0. The summed E-state index contributed by atoms with van der Waals surface area (Å²) in [5.41, 5.74) is 8.19. The van der Waals surface area contributed by atoms with E-state index in [4.69, 9.17) is 17.3 Å². The SMILES string of the molecule is CC(C)CN1CCN(c2c(Cl)cccc2CCN)CC1. The Kier molecular flexibility index (Phi) is 5.70. The average molecular weight is 296 g/mol. The molecule has 1 fully saturated rings. The normalized spacial score (nSPS) is 16.9. The second kappa shape index (κ2) is 7.30. The van der Waals surface area contributed by atoms with E-state index in [1.165, 1.54) is 17.8 Å². The first-order valence-electron chi connectivity index (χ1n) is 7.56. The van der Waals surface area contributed by atoms with Gasteiger partial charge in [0.1, 0.15) is 0 Å². The maximum atomic E-state index is 6.42. The van der Waals surface area contributed by atoms with E-state index >= 15 is 0 Å². The van der Waals surface area contributed by atoms with Crippen LogP contribution in [0.1, 0.15) is 19.4 Å². The molecule has 0 amide bonds. The van der Waals surface area contributed by atoms with Crippen LogP contribution in [0.4, 0.5) is 5.69 Å². The van der Waals surface area contributed by atoms with Crippen LogP contribution >= 0.6 is 11.6 Å². The van der Waals surface area contributed by atoms with Gasteiger partial charge in [0.15, 0.2) is 0 Å². The first kappa shape index (κ1) is 15.6. The van der Waals surface area contributed by atoms with Crippen molar-refractivity contribution >= 4 is 17.3 Å². The number of rotatable bonds is 5. The number of nitrogens with zero attached hydrogens (tertiary/aromatic N) is 2. The number of piperazine rings is 1. The summed E-state index contributed by atoms with van der Waals surface area (Å²) in [6, 6.07) is 6.15. The third-order valence-electron chi connectivity index (χ3n) is 3.80. The van der Waals surface area contributed by atoms with Crippen LogP contribution in [-0.2, 0) is 6.42 Å². The Hall–Kier alpha value is -0.770. The number of anilines is 1. The molecule has 0 bridgehead atoms. The van der Waals surface area contributed by atoms with Crippen LogP contribution in [0.25, 0.3) is 0 Å². The van der Waals surface area contributed by atoms with Crippen LogP contribution in [-0.4, -0.2) is 44.2 Å². The Morgan fingerprint density at radius 2 is 1.90 bits per heavy atom. The molecule has 20 heavy (non-hydrogen) atoms. The van der Waals surface area contributed by atoms with E-state index in [1.807, 2.05) is 12.1 Å². The molecule has 0 atom stereocenters. The van der Waals surface area contributed by atoms with Gasteiger partial charge >= 0.3 is 0 Å². The van der Waals surface area contributed by atoms with Gasteiger partial charge in [0.25, 0.3) is 0 Å². The van der Waals surface area contributed by atoms with Gasteiger partial charge in [0.2, 0.25) is 0 Å². The Labute approximate surface area is 127 Å². The van der Waals surface area contributed by atoms with Crippen molar-refractivity contribution in [2.45, 2.75) is 20.3 Å². The topological polar surface area (TPSA) is 32.5 Å². The van der Waals surface area contributed by atoms with Gasteiger partial charge in [0.05, 0.1) is 10.7 Å². The summed E-state index contributed by atoms with van der Waals surface area (Å²) in [4.78, 5) is 4.96. The minimum Gasteiger partial charge on any atom is -0.368 e. The molecular formula is C16H26ClN3. The fourth-order valence-electron chi connectivity index (χ4n) is 2.94. The highest BCUT2D eigenvalue weighted by molar-refractivity contribution is 6.33. The standard InChI is InChI=1S/C16H26ClN3/c1-13(2)12-19-8-10-20(11-9-19)16-14(6-7-18)4-3-5-15(16)17/h3-5,13H,6-12,18H2,1-2H3. The Morgan fingerprint density at radius 3 is 2.50 bits per heavy atom. The number of benzene rings is 1. The van der Waals surface area contributed by atoms with E-state index in [0.29, 0.717) is 6.54 Å². The van der Waals surface area contributed by atoms with Crippen LogP contribution < -0.4 is 10.6 Å². The van der Waals surface area contributed by atoms with Gasteiger partial charge in [-0.3, -0.25) is 4.90 Å². The van der Waals surface area contributed by atoms with Gasteiger partial charge < -0.3 is 10.6 Å². The maximum Gasteiger partial charge on any atom is 0.0642 e. The second-order valence-electron chi connectivity index (χ2n) is 5.97. The molecule has 1 aliphatic heterocycles. The van der Waals surface area contributed by atoms with Crippen molar-refractivity contribution in [3.05, 3.63) is 28.8 Å². The van der Waals surface area contributed by atoms with Gasteiger partial charge in [-0.25, -0.2) is 0 Å². The van der Waals surface area contributed by atoms with Gasteiger partial charge in [-0.1, -0.05) is 37.6 Å². The predicted molar refractivity (Wildman–Crippen MR) is 87.7 cm³/mol. The molecule has 0 unspecified atom stereocenters. The minimum atomic E-state index is 0.667. The summed E-state index contributed by atoms with van der Waals surface area (Å²) in [6.07, 6.45) is 0.891. The summed E-state index contributed by atoms with van der Waals surface area (Å²) in [5.74, 6) is 0.731. The summed E-state index contributed by atoms with van der Waals surface area (Å²) >= 11 is 6.42. The average Bonchev–Trinajstić information content (AvgIpc) is 2.40. The van der Waals surface area contributed by atoms with E-state index < -0.39 is 0 Å². The molecule has 112 valence electrons. The van der Waals surface area contributed by atoms with Crippen LogP contribution in [0.5, 0.6) is 0 Å². The van der Waals surface area contributed by atoms with Gasteiger partial charge in [-0.2, -0.15) is 0 Å². The van der Waals surface area contributed by atoms with Crippen molar-refractivity contribution in [3.63, 3.8) is 0 Å². The molecule has 0 spiro atoms. The van der Waals surface area contributed by atoms with Crippen molar-refractivity contribution in [2.24, 2.45) is 11.7 Å². The smallest absolute Gasteiger partial charge is 0.0642 e. The molecule has 0 aliphatic carbocycles. The zero-order chi connectivity index (χ0) is 14.5. The van der Waals surface area contributed by atoms with Crippen LogP contribution in [0, 0.1) is 5.92 Å². The van der Waals surface area contributed by atoms with Crippen LogP contribution in [0.2, 0.25) is 5.02 Å². The van der Waals surface area contributed by atoms with E-state index in [0.717, 1.165) is 43.5 Å². The van der Waals surface area contributed by atoms with E-state index in [1.54, 1.807) is 0 Å². The van der Waals surface area contributed by atoms with Gasteiger partial charge in [-0.05, 0) is 30.5 Å². The van der Waals surface area contributed by atoms with Crippen molar-refractivity contribution < 1.29 is 0 Å². The molecule has 0 radical (unpaired) electrons. The van der Waals surface area contributed by atoms with Crippen LogP contribution in [0.3, 0.4) is 0 Å². The molecule has 2 N–H and O–H groups in total. The molecule has 4 heteroatoms. The zero-order valence-corrected chi connectivity index (χ0v) is 13.4. The largest absolute Gasteiger partial charge is 0.368 e. The highest BCUT2D eigenvalue weighted by Crippen LogP contribution is 2.31. The van der Waals surface area contributed by atoms with E-state index in [2.05, 4.69) is 29.7 Å². The lowest BCUT2D eigenvalue weighted by Crippen LogP contribution is -2.47. The fourth-order valence-corrected chi connectivity index (χ4v) is 3.26. The molecule has 1 aromatic carbocycles. The van der Waals surface area contributed by atoms with E-state index in [-0.39, 0.29) is 0 Å². The molecule has 1 aromatic rings. The Morgan fingerprint density at radius 1 is 1.20 bits per heavy atom. The van der Waals surface area contributed by atoms with Crippen molar-refractivity contribution in [3.8, 4) is 0 Å². The lowest BCUT2D eigenvalue weighted by atomic mass is 10.1. The summed E-state index contributed by atoms with van der Waals surface area (Å²) in [6.45, 7) is 10.7. The molecule has 0 saturated carbocycles. The highest BCUT2D eigenvalue weighted by Gasteiger charge is 2.21. The molecule has 0 aromatic heterocycles. The number of nitrogens with two attached hydrogens (primary N) is 1. The van der Waals surface area contributed by atoms with Gasteiger partial charge in [-0.15, -0.1) is 0 Å². The molecular weight excluding hydrogens is 270 g/mol. The molecule has 3 nitrogen and oxygen atoms in total. The molecule has 1 saturated heterocycles. The predicted octanol–water partition coefficient (Wildman–Crippen LogP) is 2.62. The number of hydrogen-bond acceptors (Lipinski definition) is 3. The van der Waals surface area contributed by atoms with Crippen molar-refractivity contribution in [2.75, 3.05) is 44.2 Å². The van der Waals surface area contributed by atoms with Crippen LogP contribution in [0.15, 0.2) is 18.2 Å². The summed E-state index contributed by atoms with van der Waals surface area (Å²) in [5, 5.41) is 0.855. The fraction of sp³-hybridized carbons (Fsp3) is 0.625. The Balaban J connectivity index is 2.06. The maximum absolute atomic E-state index is 6.42. The lowest BCUT2D eigenvalue weighted by molar-refractivity contribution is 0.231. The first-order valence-corrected chi connectivity index (χ1v) is 7.94. The molecule has 1 heterocycles. The zero-order valence-electron chi connectivity index (χ0n) is 12.6. The third-order valence-corrected chi connectivity index (χ3v) is 4.10. The number of halogens is 1. The van der Waals surface area contributed by atoms with Gasteiger partial charge in [0, 0.05) is 32.7 Å². The summed E-state index contributed by atoms with van der Waals surface area (Å²) in [7, 11) is 0. The first-order chi connectivity index (χ1) is 9.61. The number of hydrogen-bond donors (Lipinski definition) is 1. The quantitative estimate of drug-likeness (QED) is 0.906. The van der Waals surface area contributed by atoms with E-state index in [9.17, 15) is 0 Å². The highest BCUT2D eigenvalue weighted by atomic mass is 35.5. The minimum absolute atomic E-state index is 0.667. The molecule has 1 aliphatic rings. The van der Waals surface area contributed by atoms with Crippen molar-refractivity contribution in [1.82, 2.24) is 4.90 Å². The number of para-hydroxylation sites is 1. The molecule has 2 rings (SSSR count). The second-order valence-corrected chi connectivity index (χ2v) is 6.37. The Bertz CT molecular complexity index is 426. The lowest BCUT2D eigenvalue weighted by Gasteiger charge is -2.38.